The zero-order valence-corrected chi connectivity index (χ0v) is 13.3. The summed E-state index contributed by atoms with van der Waals surface area (Å²) in [5.74, 6) is -1.43. The van der Waals surface area contributed by atoms with Crippen LogP contribution in [-0.4, -0.2) is 67.5 Å². The van der Waals surface area contributed by atoms with E-state index in [1.165, 1.54) is 19.1 Å². The Kier molecular flexibility index (Phi) is 5.35. The van der Waals surface area contributed by atoms with E-state index >= 15 is 0 Å². The summed E-state index contributed by atoms with van der Waals surface area (Å²) in [6.07, 6.45) is 0. The van der Waals surface area contributed by atoms with Crippen molar-refractivity contribution in [2.45, 2.75) is 0 Å². The number of amides is 4. The molecule has 0 unspecified atom stereocenters. The number of carbonyl (C=O) groups is 4. The maximum absolute atomic E-state index is 11.8. The SMILES string of the molecule is COc1ccccc1NC(=O)COC(=O)CN1C(=O)CN(C)C1=O. The highest BCUT2D eigenvalue weighted by atomic mass is 16.5. The summed E-state index contributed by atoms with van der Waals surface area (Å²) in [6, 6.07) is 6.19. The zero-order valence-electron chi connectivity index (χ0n) is 13.3. The molecule has 1 N–H and O–H groups in total. The number of ether oxygens (including phenoxy) is 2. The molecular formula is C15H17N3O6. The molecule has 4 amide bonds. The fourth-order valence-electron chi connectivity index (χ4n) is 2.08. The Morgan fingerprint density at radius 3 is 2.58 bits per heavy atom. The number of carbonyl (C=O) groups excluding carboxylic acids is 4. The monoisotopic (exact) mass is 335 g/mol. The number of benzene rings is 1. The first kappa shape index (κ1) is 17.3. The van der Waals surface area contributed by atoms with Crippen LogP contribution in [0.3, 0.4) is 0 Å². The van der Waals surface area contributed by atoms with Gasteiger partial charge in [-0.15, -0.1) is 0 Å². The van der Waals surface area contributed by atoms with Gasteiger partial charge < -0.3 is 19.7 Å². The van der Waals surface area contributed by atoms with E-state index in [4.69, 9.17) is 9.47 Å². The average Bonchev–Trinajstić information content (AvgIpc) is 2.80. The third-order valence-corrected chi connectivity index (χ3v) is 3.26. The summed E-state index contributed by atoms with van der Waals surface area (Å²) >= 11 is 0. The molecule has 1 saturated heterocycles. The van der Waals surface area contributed by atoms with Crippen molar-refractivity contribution in [1.82, 2.24) is 9.80 Å². The largest absolute Gasteiger partial charge is 0.495 e. The number of nitrogens with one attached hydrogen (secondary N) is 1. The molecular weight excluding hydrogens is 318 g/mol. The minimum absolute atomic E-state index is 0.0829. The Hall–Kier alpha value is -3.10. The molecule has 9 heteroatoms. The van der Waals surface area contributed by atoms with Crippen molar-refractivity contribution in [1.29, 1.82) is 0 Å². The van der Waals surface area contributed by atoms with Crippen molar-refractivity contribution in [2.24, 2.45) is 0 Å². The fraction of sp³-hybridized carbons (Fsp3) is 0.333. The van der Waals surface area contributed by atoms with Crippen molar-refractivity contribution in [3.63, 3.8) is 0 Å². The van der Waals surface area contributed by atoms with Gasteiger partial charge in [-0.3, -0.25) is 19.3 Å². The summed E-state index contributed by atoms with van der Waals surface area (Å²) in [5, 5.41) is 2.54. The lowest BCUT2D eigenvalue weighted by Gasteiger charge is -2.13. The highest BCUT2D eigenvalue weighted by Crippen LogP contribution is 2.22. The van der Waals surface area contributed by atoms with Crippen molar-refractivity contribution in [3.05, 3.63) is 24.3 Å². The predicted molar refractivity (Wildman–Crippen MR) is 82.3 cm³/mol. The van der Waals surface area contributed by atoms with Gasteiger partial charge in [0.15, 0.2) is 6.61 Å². The Labute approximate surface area is 138 Å². The summed E-state index contributed by atoms with van der Waals surface area (Å²) in [7, 11) is 2.92. The number of rotatable bonds is 6. The van der Waals surface area contributed by atoms with Crippen LogP contribution in [0.1, 0.15) is 0 Å². The molecule has 24 heavy (non-hydrogen) atoms. The van der Waals surface area contributed by atoms with Crippen LogP contribution in [0.5, 0.6) is 5.75 Å². The number of anilines is 1. The van der Waals surface area contributed by atoms with Gasteiger partial charge in [-0.05, 0) is 12.1 Å². The molecule has 1 aliphatic heterocycles. The average molecular weight is 335 g/mol. The topological polar surface area (TPSA) is 105 Å². The van der Waals surface area contributed by atoms with Crippen LogP contribution in [0.4, 0.5) is 10.5 Å². The summed E-state index contributed by atoms with van der Waals surface area (Å²) in [5.41, 5.74) is 0.438. The molecule has 1 fully saturated rings. The van der Waals surface area contributed by atoms with Gasteiger partial charge in [0, 0.05) is 7.05 Å². The first-order valence-electron chi connectivity index (χ1n) is 7.06. The minimum atomic E-state index is -0.845. The molecule has 0 bridgehead atoms. The van der Waals surface area contributed by atoms with Gasteiger partial charge in [-0.1, -0.05) is 12.1 Å². The normalized spacial score (nSPS) is 13.9. The highest BCUT2D eigenvalue weighted by molar-refractivity contribution is 6.04. The van der Waals surface area contributed by atoms with E-state index in [1.807, 2.05) is 0 Å². The minimum Gasteiger partial charge on any atom is -0.495 e. The lowest BCUT2D eigenvalue weighted by Crippen LogP contribution is -2.37. The number of para-hydroxylation sites is 2. The van der Waals surface area contributed by atoms with Gasteiger partial charge in [0.1, 0.15) is 18.8 Å². The molecule has 0 aromatic heterocycles. The van der Waals surface area contributed by atoms with Crippen LogP contribution in [0.2, 0.25) is 0 Å². The van der Waals surface area contributed by atoms with Crippen LogP contribution in [0.15, 0.2) is 24.3 Å². The Bertz CT molecular complexity index is 675. The lowest BCUT2D eigenvalue weighted by molar-refractivity contribution is -0.149. The van der Waals surface area contributed by atoms with Crippen LogP contribution < -0.4 is 10.1 Å². The third-order valence-electron chi connectivity index (χ3n) is 3.26. The number of esters is 1. The molecule has 1 heterocycles. The predicted octanol–water partition coefficient (Wildman–Crippen LogP) is 0.0709. The van der Waals surface area contributed by atoms with Crippen molar-refractivity contribution in [2.75, 3.05) is 39.2 Å². The second-order valence-electron chi connectivity index (χ2n) is 5.03. The van der Waals surface area contributed by atoms with Crippen molar-refractivity contribution < 1.29 is 28.7 Å². The number of likely N-dealkylation sites (N-methyl/N-ethyl adjacent to an activating group) is 1. The lowest BCUT2D eigenvalue weighted by atomic mass is 10.3. The molecule has 0 radical (unpaired) electrons. The van der Waals surface area contributed by atoms with E-state index in [0.717, 1.165) is 4.90 Å². The van der Waals surface area contributed by atoms with Crippen LogP contribution in [0, 0.1) is 0 Å². The molecule has 1 aromatic carbocycles. The molecule has 9 nitrogen and oxygen atoms in total. The molecule has 0 aliphatic carbocycles. The number of hydrogen-bond donors (Lipinski definition) is 1. The van der Waals surface area contributed by atoms with Crippen molar-refractivity contribution >= 4 is 29.5 Å². The summed E-state index contributed by atoms with van der Waals surface area (Å²) in [4.78, 5) is 48.6. The Morgan fingerprint density at radius 1 is 1.25 bits per heavy atom. The second kappa shape index (κ2) is 7.44. The molecule has 1 aliphatic rings. The maximum atomic E-state index is 11.8. The quantitative estimate of drug-likeness (QED) is 0.583. The third kappa shape index (κ3) is 4.00. The van der Waals surface area contributed by atoms with E-state index in [2.05, 4.69) is 5.32 Å². The van der Waals surface area contributed by atoms with Gasteiger partial charge in [0.05, 0.1) is 12.8 Å². The van der Waals surface area contributed by atoms with Gasteiger partial charge >= 0.3 is 12.0 Å². The number of urea groups is 1. The number of nitrogens with zero attached hydrogens (tertiary/aromatic N) is 2. The molecule has 0 atom stereocenters. The van der Waals surface area contributed by atoms with Gasteiger partial charge in [-0.2, -0.15) is 0 Å². The zero-order chi connectivity index (χ0) is 17.7. The van der Waals surface area contributed by atoms with Crippen LogP contribution >= 0.6 is 0 Å². The molecule has 1 aromatic rings. The number of hydrogen-bond acceptors (Lipinski definition) is 6. The highest BCUT2D eigenvalue weighted by Gasteiger charge is 2.35. The van der Waals surface area contributed by atoms with E-state index in [9.17, 15) is 19.2 Å². The number of methoxy groups -OCH3 is 1. The van der Waals surface area contributed by atoms with E-state index in [0.29, 0.717) is 11.4 Å². The molecule has 0 spiro atoms. The first-order chi connectivity index (χ1) is 11.4. The fourth-order valence-corrected chi connectivity index (χ4v) is 2.08. The standard InChI is InChI=1S/C15H17N3O6/c1-17-7-13(20)18(15(17)22)8-14(21)24-9-12(19)16-10-5-3-4-6-11(10)23-2/h3-6H,7-9H2,1-2H3,(H,16,19). The van der Waals surface area contributed by atoms with Crippen molar-refractivity contribution in [3.8, 4) is 5.75 Å². The molecule has 128 valence electrons. The van der Waals surface area contributed by atoms with E-state index in [1.54, 1.807) is 24.3 Å². The van der Waals surface area contributed by atoms with Crippen LogP contribution in [-0.2, 0) is 19.1 Å². The molecule has 2 rings (SSSR count). The van der Waals surface area contributed by atoms with Gasteiger partial charge in [-0.25, -0.2) is 4.79 Å². The summed E-state index contributed by atoms with van der Waals surface area (Å²) in [6.45, 7) is -1.15. The number of imide groups is 1. The van der Waals surface area contributed by atoms with E-state index in [-0.39, 0.29) is 6.54 Å². The summed E-state index contributed by atoms with van der Waals surface area (Å²) < 4.78 is 9.87. The van der Waals surface area contributed by atoms with Gasteiger partial charge in [0.25, 0.3) is 11.8 Å². The Balaban J connectivity index is 1.82. The first-order valence-corrected chi connectivity index (χ1v) is 7.06. The Morgan fingerprint density at radius 2 is 1.96 bits per heavy atom. The second-order valence-corrected chi connectivity index (χ2v) is 5.03. The smallest absolute Gasteiger partial charge is 0.327 e. The van der Waals surface area contributed by atoms with E-state index < -0.39 is 37.0 Å². The van der Waals surface area contributed by atoms with Gasteiger partial charge in [0.2, 0.25) is 0 Å². The maximum Gasteiger partial charge on any atom is 0.327 e. The van der Waals surface area contributed by atoms with Crippen LogP contribution in [0.25, 0.3) is 0 Å². The molecule has 0 saturated carbocycles.